The summed E-state index contributed by atoms with van der Waals surface area (Å²) in [5.74, 6) is 6.66. The fourth-order valence-electron chi connectivity index (χ4n) is 11.5. The molecule has 0 radical (unpaired) electrons. The van der Waals surface area contributed by atoms with Crippen molar-refractivity contribution in [3.05, 3.63) is 188 Å². The quantitative estimate of drug-likeness (QED) is 0.172. The van der Waals surface area contributed by atoms with E-state index in [4.69, 9.17) is 18.9 Å². The second-order valence-corrected chi connectivity index (χ2v) is 17.0. The smallest absolute Gasteiger partial charge is 0.261 e. The van der Waals surface area contributed by atoms with E-state index in [9.17, 15) is 0 Å². The molecule has 0 N–H and O–H groups in total. The Morgan fingerprint density at radius 2 is 0.635 bits per heavy atom. The van der Waals surface area contributed by atoms with E-state index in [0.29, 0.717) is 0 Å². The van der Waals surface area contributed by atoms with Crippen molar-refractivity contribution in [2.75, 3.05) is 9.80 Å². The van der Waals surface area contributed by atoms with Gasteiger partial charge in [-0.25, -0.2) is 0 Å². The minimum Gasteiger partial charge on any atom is -0.459 e. The van der Waals surface area contributed by atoms with E-state index in [1.54, 1.807) is 0 Å². The number of rotatable bonds is 2. The number of hydrogen-bond donors (Lipinski definition) is 0. The molecule has 6 aliphatic heterocycles. The fourth-order valence-corrected chi connectivity index (χ4v) is 11.5. The molecule has 0 bridgehead atoms. The van der Waals surface area contributed by atoms with Gasteiger partial charge in [0, 0.05) is 57.2 Å². The molecule has 9 heteroatoms. The molecule has 0 saturated heterocycles. The molecule has 0 saturated carbocycles. The first kappa shape index (κ1) is 33.7. The Balaban J connectivity index is 1.11. The third-order valence-corrected chi connectivity index (χ3v) is 13.9. The van der Waals surface area contributed by atoms with Crippen LogP contribution < -0.4 is 77.9 Å². The van der Waals surface area contributed by atoms with E-state index in [1.807, 2.05) is 0 Å². The molecule has 0 unspecified atom stereocenters. The lowest BCUT2D eigenvalue weighted by molar-refractivity contribution is 0.466. The predicted octanol–water partition coefficient (Wildman–Crippen LogP) is 7.22. The predicted molar refractivity (Wildman–Crippen MR) is 256 cm³/mol. The summed E-state index contributed by atoms with van der Waals surface area (Å²) in [6.07, 6.45) is 0. The van der Waals surface area contributed by atoms with Crippen molar-refractivity contribution in [2.24, 2.45) is 0 Å². The summed E-state index contributed by atoms with van der Waals surface area (Å²) in [7, 11) is 0. The summed E-state index contributed by atoms with van der Waals surface area (Å²) in [6, 6.07) is 66.5. The highest BCUT2D eigenvalue weighted by molar-refractivity contribution is 7.05. The van der Waals surface area contributed by atoms with E-state index in [0.717, 1.165) is 124 Å². The van der Waals surface area contributed by atoms with Gasteiger partial charge in [-0.3, -0.25) is 0 Å². The maximum absolute atomic E-state index is 7.40. The van der Waals surface area contributed by atoms with Gasteiger partial charge < -0.3 is 28.7 Å². The molecule has 6 nitrogen and oxygen atoms in total. The molecule has 6 heterocycles. The van der Waals surface area contributed by atoms with Gasteiger partial charge in [0.1, 0.15) is 46.0 Å². The first-order chi connectivity index (χ1) is 31.3. The molecule has 0 amide bonds. The van der Waals surface area contributed by atoms with Crippen LogP contribution in [-0.2, 0) is 0 Å². The van der Waals surface area contributed by atoms with Gasteiger partial charge in [0.25, 0.3) is 20.1 Å². The third-order valence-electron chi connectivity index (χ3n) is 13.9. The van der Waals surface area contributed by atoms with Crippen LogP contribution in [0.5, 0.6) is 46.0 Å². The molecule has 0 fully saturated rings. The topological polar surface area (TPSA) is 43.4 Å². The Morgan fingerprint density at radius 1 is 0.270 bits per heavy atom. The average Bonchev–Trinajstić information content (AvgIpc) is 3.34. The second-order valence-electron chi connectivity index (χ2n) is 17.0. The van der Waals surface area contributed by atoms with Crippen molar-refractivity contribution in [2.45, 2.75) is 0 Å². The summed E-state index contributed by atoms with van der Waals surface area (Å²) in [5.41, 5.74) is 16.1. The third kappa shape index (κ3) is 4.40. The minimum atomic E-state index is -0.326. The Labute approximate surface area is 364 Å². The molecule has 9 aromatic rings. The van der Waals surface area contributed by atoms with Crippen molar-refractivity contribution in [1.29, 1.82) is 0 Å². The van der Waals surface area contributed by atoms with Gasteiger partial charge in [-0.1, -0.05) is 115 Å². The maximum atomic E-state index is 7.40. The zero-order valence-electron chi connectivity index (χ0n) is 33.7. The van der Waals surface area contributed by atoms with Crippen LogP contribution in [0.1, 0.15) is 0 Å². The molecule has 6 aliphatic rings. The van der Waals surface area contributed by atoms with E-state index in [2.05, 4.69) is 198 Å². The number of benzene rings is 9. The lowest BCUT2D eigenvalue weighted by Crippen LogP contribution is -2.66. The largest absolute Gasteiger partial charge is 0.459 e. The van der Waals surface area contributed by atoms with Crippen LogP contribution in [0.2, 0.25) is 0 Å². The normalized spacial score (nSPS) is 14.4. The van der Waals surface area contributed by atoms with Gasteiger partial charge in [0.2, 0.25) is 0 Å². The Morgan fingerprint density at radius 3 is 1.05 bits per heavy atom. The highest BCUT2D eigenvalue weighted by Crippen LogP contribution is 2.50. The molecule has 0 atom stereocenters. The van der Waals surface area contributed by atoms with Gasteiger partial charge in [-0.15, -0.1) is 0 Å². The van der Waals surface area contributed by atoms with Crippen molar-refractivity contribution < 1.29 is 18.9 Å². The number of para-hydroxylation sites is 6. The first-order valence-electron chi connectivity index (χ1n) is 21.6. The van der Waals surface area contributed by atoms with Gasteiger partial charge >= 0.3 is 0 Å². The summed E-state index contributed by atoms with van der Waals surface area (Å²) < 4.78 is 28.8. The van der Waals surface area contributed by atoms with Gasteiger partial charge in [0.15, 0.2) is 0 Å². The molecule has 63 heavy (non-hydrogen) atoms. The number of nitrogens with zero attached hydrogens (tertiary/aromatic N) is 2. The Hall–Kier alpha value is -8.03. The molecular weight excluding hydrogens is 773 g/mol. The molecule has 15 rings (SSSR count). The summed E-state index contributed by atoms with van der Waals surface area (Å²) >= 11 is 0. The number of hydrogen-bond acceptors (Lipinski definition) is 6. The molecule has 9 aromatic carbocycles. The second kappa shape index (κ2) is 12.3. The van der Waals surface area contributed by atoms with Crippen LogP contribution >= 0.6 is 0 Å². The maximum Gasteiger partial charge on any atom is 0.261 e. The summed E-state index contributed by atoms with van der Waals surface area (Å²) in [4.78, 5) is 4.81. The summed E-state index contributed by atoms with van der Waals surface area (Å²) in [5, 5.41) is 0. The number of fused-ring (bicyclic) bond motifs is 14. The van der Waals surface area contributed by atoms with E-state index in [1.165, 1.54) is 5.46 Å². The van der Waals surface area contributed by atoms with Crippen LogP contribution in [0.25, 0.3) is 0 Å². The molecule has 0 aliphatic carbocycles. The van der Waals surface area contributed by atoms with Crippen molar-refractivity contribution in [3.8, 4) is 46.0 Å². The standard InChI is InChI=1S/C54H31B3N2O4/c1-3-16-32(17-4-1)58-38-24-15-25-39-48(38)57(49-40(58)30-46-51-53(49)62-44-28-13-9-22-36(44)55(51)34-20-7-11-26-42(34)60-46)50-41(59(39)33-18-5-2-6-19-33)31-47-52-54(50)63-45-29-14-10-23-37(45)56(52)35-21-8-12-27-43(35)61-47/h1-31H. The highest BCUT2D eigenvalue weighted by Gasteiger charge is 2.53. The fraction of sp³-hybridized carbons (Fsp3) is 0. The zero-order chi connectivity index (χ0) is 40.9. The van der Waals surface area contributed by atoms with Crippen LogP contribution in [0.15, 0.2) is 188 Å². The van der Waals surface area contributed by atoms with Crippen LogP contribution in [-0.4, -0.2) is 20.1 Å². The monoisotopic (exact) mass is 804 g/mol. The number of anilines is 6. The molecule has 0 spiro atoms. The SMILES string of the molecule is c1ccc(N2c3cccc4c3B(c3c2cc2c5c3Oc3ccccc3B5c3ccccc3O2)c2c(cc3c5c2Oc2ccccc2B5c2ccccc2O3)N4c2ccccc2)cc1. The van der Waals surface area contributed by atoms with Gasteiger partial charge in [-0.05, 0) is 98.9 Å². The highest BCUT2D eigenvalue weighted by atomic mass is 16.5. The minimum absolute atomic E-state index is 0.0970. The Bertz CT molecular complexity index is 3230. The first-order valence-corrected chi connectivity index (χ1v) is 21.6. The van der Waals surface area contributed by atoms with Crippen molar-refractivity contribution in [1.82, 2.24) is 0 Å². The lowest BCUT2D eigenvalue weighted by atomic mass is 9.29. The van der Waals surface area contributed by atoms with Gasteiger partial charge in [0.05, 0.1) is 0 Å². The van der Waals surface area contributed by atoms with Gasteiger partial charge in [-0.2, -0.15) is 0 Å². The number of ether oxygens (including phenoxy) is 4. The molecule has 290 valence electrons. The Kier molecular flexibility index (Phi) is 6.57. The zero-order valence-corrected chi connectivity index (χ0v) is 33.7. The average molecular weight is 804 g/mol. The van der Waals surface area contributed by atoms with Crippen molar-refractivity contribution in [3.63, 3.8) is 0 Å². The van der Waals surface area contributed by atoms with Crippen LogP contribution in [0, 0.1) is 0 Å². The van der Waals surface area contributed by atoms with E-state index >= 15 is 0 Å². The van der Waals surface area contributed by atoms with Crippen LogP contribution in [0.4, 0.5) is 34.1 Å². The van der Waals surface area contributed by atoms with E-state index < -0.39 is 0 Å². The van der Waals surface area contributed by atoms with Crippen LogP contribution in [0.3, 0.4) is 0 Å². The lowest BCUT2D eigenvalue weighted by Gasteiger charge is -2.47. The van der Waals surface area contributed by atoms with E-state index in [-0.39, 0.29) is 20.1 Å². The molecular formula is C54H31B3N2O4. The summed E-state index contributed by atoms with van der Waals surface area (Å²) in [6.45, 7) is -0.520. The van der Waals surface area contributed by atoms with Crippen molar-refractivity contribution >= 4 is 103 Å². The molecule has 0 aromatic heterocycles.